The number of carbonyl (C=O) groups is 1. The first-order valence-electron chi connectivity index (χ1n) is 6.91. The Hall–Kier alpha value is -3.61. The Kier molecular flexibility index (Phi) is 3.98. The van der Waals surface area contributed by atoms with Gasteiger partial charge < -0.3 is 14.6 Å². The lowest BCUT2D eigenvalue weighted by Gasteiger charge is -2.01. The molecule has 7 heteroatoms. The summed E-state index contributed by atoms with van der Waals surface area (Å²) < 4.78 is 5.29. The van der Waals surface area contributed by atoms with Gasteiger partial charge in [-0.3, -0.25) is 9.59 Å². The van der Waals surface area contributed by atoms with Crippen molar-refractivity contribution in [3.63, 3.8) is 0 Å². The van der Waals surface area contributed by atoms with E-state index in [2.05, 4.69) is 10.5 Å². The van der Waals surface area contributed by atoms with Crippen molar-refractivity contribution in [2.45, 2.75) is 0 Å². The molecule has 0 unspecified atom stereocenters. The van der Waals surface area contributed by atoms with E-state index in [1.165, 1.54) is 48.7 Å². The molecule has 0 bridgehead atoms. The highest BCUT2D eigenvalue weighted by atomic mass is 16.3. The van der Waals surface area contributed by atoms with Gasteiger partial charge in [0.2, 0.25) is 5.43 Å². The van der Waals surface area contributed by atoms with Gasteiger partial charge >= 0.3 is 0 Å². The number of nitrogens with zero attached hydrogens (tertiary/aromatic N) is 1. The van der Waals surface area contributed by atoms with Crippen LogP contribution in [0.4, 0.5) is 0 Å². The fourth-order valence-electron chi connectivity index (χ4n) is 2.06. The van der Waals surface area contributed by atoms with E-state index in [1.54, 1.807) is 0 Å². The van der Waals surface area contributed by atoms with Crippen molar-refractivity contribution in [2.24, 2.45) is 5.10 Å². The Morgan fingerprint density at radius 1 is 1.08 bits per heavy atom. The van der Waals surface area contributed by atoms with Gasteiger partial charge in [-0.25, -0.2) is 5.43 Å². The summed E-state index contributed by atoms with van der Waals surface area (Å²) in [6, 6.07) is 9.83. The number of aromatic hydroxyl groups is 2. The number of rotatable bonds is 3. The van der Waals surface area contributed by atoms with E-state index in [1.807, 2.05) is 0 Å². The first-order valence-corrected chi connectivity index (χ1v) is 6.91. The van der Waals surface area contributed by atoms with E-state index in [4.69, 9.17) is 4.42 Å². The van der Waals surface area contributed by atoms with Gasteiger partial charge in [0.05, 0.1) is 17.2 Å². The van der Waals surface area contributed by atoms with Crippen LogP contribution in [0.5, 0.6) is 11.5 Å². The van der Waals surface area contributed by atoms with Gasteiger partial charge in [-0.15, -0.1) is 0 Å². The topological polar surface area (TPSA) is 112 Å². The Morgan fingerprint density at radius 3 is 2.54 bits per heavy atom. The minimum absolute atomic E-state index is 0.0482. The smallest absolute Gasteiger partial charge is 0.271 e. The van der Waals surface area contributed by atoms with Crippen molar-refractivity contribution < 1.29 is 19.4 Å². The summed E-state index contributed by atoms with van der Waals surface area (Å²) in [5, 5.41) is 22.6. The molecule has 1 amide bonds. The Balaban J connectivity index is 1.80. The summed E-state index contributed by atoms with van der Waals surface area (Å²) in [7, 11) is 0. The van der Waals surface area contributed by atoms with Crippen LogP contribution in [0.15, 0.2) is 63.0 Å². The third-order valence-electron chi connectivity index (χ3n) is 3.28. The summed E-state index contributed by atoms with van der Waals surface area (Å²) in [6.45, 7) is 0. The van der Waals surface area contributed by atoms with Crippen LogP contribution in [0.25, 0.3) is 11.0 Å². The fraction of sp³-hybridized carbons (Fsp3) is 0. The zero-order valence-corrected chi connectivity index (χ0v) is 12.3. The molecule has 0 atom stereocenters. The van der Waals surface area contributed by atoms with Gasteiger partial charge in [-0.1, -0.05) is 0 Å². The molecule has 7 nitrogen and oxygen atoms in total. The summed E-state index contributed by atoms with van der Waals surface area (Å²) in [6.07, 6.45) is 2.38. The van der Waals surface area contributed by atoms with E-state index in [0.29, 0.717) is 11.1 Å². The molecule has 2 aromatic carbocycles. The number of nitrogens with one attached hydrogen (secondary N) is 1. The predicted molar refractivity (Wildman–Crippen MR) is 87.3 cm³/mol. The summed E-state index contributed by atoms with van der Waals surface area (Å²) >= 11 is 0. The molecule has 120 valence electrons. The number of benzene rings is 2. The van der Waals surface area contributed by atoms with Crippen LogP contribution < -0.4 is 10.9 Å². The number of phenols is 2. The van der Waals surface area contributed by atoms with Crippen molar-refractivity contribution in [1.29, 1.82) is 0 Å². The lowest BCUT2D eigenvalue weighted by molar-refractivity contribution is 0.0955. The van der Waals surface area contributed by atoms with E-state index in [9.17, 15) is 19.8 Å². The van der Waals surface area contributed by atoms with Crippen molar-refractivity contribution in [2.75, 3.05) is 0 Å². The second-order valence-corrected chi connectivity index (χ2v) is 4.95. The molecule has 0 fully saturated rings. The maximum atomic E-state index is 12.3. The van der Waals surface area contributed by atoms with Gasteiger partial charge in [-0.2, -0.15) is 5.10 Å². The molecule has 3 rings (SSSR count). The molecule has 3 N–H and O–H groups in total. The molecule has 0 aliphatic heterocycles. The highest BCUT2D eigenvalue weighted by Gasteiger charge is 2.07. The molecule has 0 saturated carbocycles. The largest absolute Gasteiger partial charge is 0.508 e. The molecule has 0 radical (unpaired) electrons. The van der Waals surface area contributed by atoms with Crippen LogP contribution in [0.1, 0.15) is 15.9 Å². The first kappa shape index (κ1) is 15.3. The number of hydrogen-bond acceptors (Lipinski definition) is 6. The number of fused-ring (bicyclic) bond motifs is 1. The Labute approximate surface area is 135 Å². The first-order chi connectivity index (χ1) is 11.5. The molecular weight excluding hydrogens is 312 g/mol. The molecule has 0 spiro atoms. The van der Waals surface area contributed by atoms with Crippen LogP contribution in [0.2, 0.25) is 0 Å². The second kappa shape index (κ2) is 6.25. The van der Waals surface area contributed by atoms with Crippen LogP contribution in [-0.2, 0) is 0 Å². The molecule has 1 aromatic heterocycles. The van der Waals surface area contributed by atoms with Crippen molar-refractivity contribution in [1.82, 2.24) is 5.43 Å². The quantitative estimate of drug-likeness (QED) is 0.504. The van der Waals surface area contributed by atoms with Crippen LogP contribution in [-0.4, -0.2) is 22.3 Å². The van der Waals surface area contributed by atoms with Gasteiger partial charge in [0.25, 0.3) is 5.91 Å². The van der Waals surface area contributed by atoms with Gasteiger partial charge in [0.15, 0.2) is 0 Å². The second-order valence-electron chi connectivity index (χ2n) is 4.95. The molecule has 24 heavy (non-hydrogen) atoms. The zero-order chi connectivity index (χ0) is 17.1. The van der Waals surface area contributed by atoms with E-state index in [-0.39, 0.29) is 27.9 Å². The summed E-state index contributed by atoms with van der Waals surface area (Å²) in [4.78, 5) is 24.1. The minimum atomic E-state index is -0.492. The number of phenolic OH excluding ortho intramolecular Hbond substituents is 2. The molecule has 0 aliphatic rings. The van der Waals surface area contributed by atoms with Crippen molar-refractivity contribution in [3.05, 3.63) is 70.1 Å². The molecule has 3 aromatic rings. The molecule has 0 saturated heterocycles. The van der Waals surface area contributed by atoms with Crippen LogP contribution in [0, 0.1) is 0 Å². The average Bonchev–Trinajstić information content (AvgIpc) is 2.58. The highest BCUT2D eigenvalue weighted by molar-refractivity contribution is 5.95. The lowest BCUT2D eigenvalue weighted by atomic mass is 10.2. The van der Waals surface area contributed by atoms with E-state index in [0.717, 1.165) is 6.21 Å². The third-order valence-corrected chi connectivity index (χ3v) is 3.28. The summed E-state index contributed by atoms with van der Waals surface area (Å²) in [5.41, 5.74) is 2.66. The van der Waals surface area contributed by atoms with Crippen LogP contribution >= 0.6 is 0 Å². The van der Waals surface area contributed by atoms with Gasteiger partial charge in [0, 0.05) is 5.56 Å². The fourth-order valence-corrected chi connectivity index (χ4v) is 2.06. The van der Waals surface area contributed by atoms with E-state index < -0.39 is 5.91 Å². The number of hydrazone groups is 1. The number of amides is 1. The molecule has 1 heterocycles. The monoisotopic (exact) mass is 324 g/mol. The maximum absolute atomic E-state index is 12.3. The van der Waals surface area contributed by atoms with Gasteiger partial charge in [0.1, 0.15) is 23.3 Å². The number of carbonyl (C=O) groups excluding carboxylic acids is 1. The normalized spacial score (nSPS) is 11.0. The van der Waals surface area contributed by atoms with Crippen molar-refractivity contribution in [3.8, 4) is 11.5 Å². The summed E-state index contributed by atoms with van der Waals surface area (Å²) in [5.74, 6) is -0.495. The lowest BCUT2D eigenvalue weighted by Crippen LogP contribution is -2.18. The standard InChI is InChI=1S/C17H12N2O5/c20-12-3-1-10(2-4-12)17(23)19-18-8-11-9-24-15-6-5-13(21)7-14(15)16(11)22/h1-9,20-21H,(H,19,23)/b18-8+. The van der Waals surface area contributed by atoms with Crippen LogP contribution in [0.3, 0.4) is 0 Å². The van der Waals surface area contributed by atoms with Crippen molar-refractivity contribution >= 4 is 23.1 Å². The van der Waals surface area contributed by atoms with Gasteiger partial charge in [-0.05, 0) is 42.5 Å². The third kappa shape index (κ3) is 3.09. The maximum Gasteiger partial charge on any atom is 0.271 e. The zero-order valence-electron chi connectivity index (χ0n) is 12.3. The van der Waals surface area contributed by atoms with E-state index >= 15 is 0 Å². The Bertz CT molecular complexity index is 990. The highest BCUT2D eigenvalue weighted by Crippen LogP contribution is 2.17. The number of hydrogen-bond donors (Lipinski definition) is 3. The molecular formula is C17H12N2O5. The minimum Gasteiger partial charge on any atom is -0.508 e. The SMILES string of the molecule is O=C(N/N=C/c1coc2ccc(O)cc2c1=O)c1ccc(O)cc1. The Morgan fingerprint density at radius 2 is 1.79 bits per heavy atom. The predicted octanol–water partition coefficient (Wildman–Crippen LogP) is 1.97. The molecule has 0 aliphatic carbocycles. The average molecular weight is 324 g/mol.